The van der Waals surface area contributed by atoms with Crippen molar-refractivity contribution in [2.75, 3.05) is 25.4 Å². The average molecular weight is 242 g/mol. The summed E-state index contributed by atoms with van der Waals surface area (Å²) in [5.74, 6) is 1.46. The fraction of sp³-hybridized carbons (Fsp3) is 0.917. The molecule has 2 rings (SSSR count). The van der Waals surface area contributed by atoms with Crippen molar-refractivity contribution >= 4 is 17.7 Å². The molecule has 4 heteroatoms. The van der Waals surface area contributed by atoms with Gasteiger partial charge in [-0.25, -0.2) is 0 Å². The molecule has 0 aromatic rings. The number of carbonyl (C=O) groups excluding carboxylic acids is 1. The molecule has 0 bridgehead atoms. The van der Waals surface area contributed by atoms with E-state index in [1.54, 1.807) is 0 Å². The lowest BCUT2D eigenvalue weighted by Crippen LogP contribution is -2.43. The van der Waals surface area contributed by atoms with E-state index in [1.165, 1.54) is 25.7 Å². The molecule has 92 valence electrons. The summed E-state index contributed by atoms with van der Waals surface area (Å²) in [4.78, 5) is 13.9. The van der Waals surface area contributed by atoms with Crippen molar-refractivity contribution in [1.29, 1.82) is 0 Å². The lowest BCUT2D eigenvalue weighted by Gasteiger charge is -2.27. The van der Waals surface area contributed by atoms with Crippen molar-refractivity contribution in [2.24, 2.45) is 0 Å². The van der Waals surface area contributed by atoms with E-state index in [1.807, 2.05) is 16.7 Å². The maximum Gasteiger partial charge on any atom is 0.236 e. The molecule has 2 aliphatic heterocycles. The van der Waals surface area contributed by atoms with Crippen LogP contribution < -0.4 is 5.32 Å². The summed E-state index contributed by atoms with van der Waals surface area (Å²) in [7, 11) is 0. The Morgan fingerprint density at radius 3 is 2.75 bits per heavy atom. The van der Waals surface area contributed by atoms with Crippen molar-refractivity contribution in [1.82, 2.24) is 10.2 Å². The molecule has 3 nitrogen and oxygen atoms in total. The SMILES string of the molecule is CC1CC(NCC(=O)N2CCCCC2)CS1. The zero-order chi connectivity index (χ0) is 11.4. The first-order valence-electron chi connectivity index (χ1n) is 6.38. The first-order chi connectivity index (χ1) is 7.75. The number of nitrogens with one attached hydrogen (secondary N) is 1. The van der Waals surface area contributed by atoms with Gasteiger partial charge in [-0.05, 0) is 25.7 Å². The molecule has 0 aromatic heterocycles. The van der Waals surface area contributed by atoms with E-state index in [-0.39, 0.29) is 0 Å². The van der Waals surface area contributed by atoms with Gasteiger partial charge in [-0.2, -0.15) is 11.8 Å². The fourth-order valence-electron chi connectivity index (χ4n) is 2.45. The Bertz CT molecular complexity index is 241. The lowest BCUT2D eigenvalue weighted by atomic mass is 10.1. The molecule has 0 aliphatic carbocycles. The van der Waals surface area contributed by atoms with Crippen LogP contribution in [0.5, 0.6) is 0 Å². The minimum absolute atomic E-state index is 0.296. The van der Waals surface area contributed by atoms with Gasteiger partial charge in [-0.1, -0.05) is 6.92 Å². The van der Waals surface area contributed by atoms with E-state index in [2.05, 4.69) is 12.2 Å². The summed E-state index contributed by atoms with van der Waals surface area (Å²) < 4.78 is 0. The van der Waals surface area contributed by atoms with Crippen LogP contribution in [0.25, 0.3) is 0 Å². The van der Waals surface area contributed by atoms with Gasteiger partial charge >= 0.3 is 0 Å². The Balaban J connectivity index is 1.66. The summed E-state index contributed by atoms with van der Waals surface area (Å²) in [5, 5.41) is 4.15. The number of carbonyl (C=O) groups is 1. The number of rotatable bonds is 3. The number of likely N-dealkylation sites (tertiary alicyclic amines) is 1. The zero-order valence-corrected chi connectivity index (χ0v) is 10.9. The highest BCUT2D eigenvalue weighted by atomic mass is 32.2. The van der Waals surface area contributed by atoms with Gasteiger partial charge in [0.2, 0.25) is 5.91 Å². The van der Waals surface area contributed by atoms with Gasteiger partial charge in [0, 0.05) is 30.1 Å². The highest BCUT2D eigenvalue weighted by molar-refractivity contribution is 8.00. The zero-order valence-electron chi connectivity index (χ0n) is 10.1. The smallest absolute Gasteiger partial charge is 0.236 e. The standard InChI is InChI=1S/C12H22N2OS/c1-10-7-11(9-16-10)13-8-12(15)14-5-3-2-4-6-14/h10-11,13H,2-9H2,1H3. The molecule has 1 N–H and O–H groups in total. The van der Waals surface area contributed by atoms with Gasteiger partial charge in [0.25, 0.3) is 0 Å². The second-order valence-electron chi connectivity index (χ2n) is 4.90. The predicted molar refractivity (Wildman–Crippen MR) is 68.8 cm³/mol. The second kappa shape index (κ2) is 5.92. The Morgan fingerprint density at radius 1 is 1.38 bits per heavy atom. The highest BCUT2D eigenvalue weighted by Crippen LogP contribution is 2.25. The van der Waals surface area contributed by atoms with Crippen LogP contribution in [0.3, 0.4) is 0 Å². The summed E-state index contributed by atoms with van der Waals surface area (Å²) in [5.41, 5.74) is 0. The summed E-state index contributed by atoms with van der Waals surface area (Å²) in [6.07, 6.45) is 4.86. The van der Waals surface area contributed by atoms with Crippen molar-refractivity contribution in [3.63, 3.8) is 0 Å². The lowest BCUT2D eigenvalue weighted by molar-refractivity contribution is -0.131. The van der Waals surface area contributed by atoms with Crippen molar-refractivity contribution in [3.05, 3.63) is 0 Å². The number of hydrogen-bond acceptors (Lipinski definition) is 3. The molecule has 16 heavy (non-hydrogen) atoms. The number of amides is 1. The largest absolute Gasteiger partial charge is 0.342 e. The highest BCUT2D eigenvalue weighted by Gasteiger charge is 2.23. The van der Waals surface area contributed by atoms with Crippen LogP contribution in [0.15, 0.2) is 0 Å². The molecule has 0 saturated carbocycles. The average Bonchev–Trinajstić information content (AvgIpc) is 2.73. The molecule has 2 aliphatic rings. The Kier molecular flexibility index (Phi) is 4.53. The number of thioether (sulfide) groups is 1. The molecule has 0 aromatic carbocycles. The Labute approximate surface area is 102 Å². The molecule has 2 fully saturated rings. The molecule has 0 radical (unpaired) electrons. The van der Waals surface area contributed by atoms with E-state index in [0.29, 0.717) is 18.5 Å². The Morgan fingerprint density at radius 2 is 2.12 bits per heavy atom. The third kappa shape index (κ3) is 3.39. The maximum atomic E-state index is 11.9. The monoisotopic (exact) mass is 242 g/mol. The van der Waals surface area contributed by atoms with E-state index < -0.39 is 0 Å². The molecule has 2 saturated heterocycles. The van der Waals surface area contributed by atoms with Gasteiger partial charge in [0.15, 0.2) is 0 Å². The van der Waals surface area contributed by atoms with Crippen LogP contribution in [0.4, 0.5) is 0 Å². The minimum Gasteiger partial charge on any atom is -0.342 e. The first-order valence-corrected chi connectivity index (χ1v) is 7.43. The predicted octanol–water partition coefficient (Wildman–Crippen LogP) is 1.48. The molecule has 2 unspecified atom stereocenters. The van der Waals surface area contributed by atoms with Gasteiger partial charge in [0.05, 0.1) is 6.54 Å². The molecule has 0 spiro atoms. The van der Waals surface area contributed by atoms with Crippen LogP contribution in [0.2, 0.25) is 0 Å². The number of hydrogen-bond donors (Lipinski definition) is 1. The summed E-state index contributed by atoms with van der Waals surface area (Å²) in [6, 6.07) is 0.550. The third-order valence-corrected chi connectivity index (χ3v) is 4.81. The van der Waals surface area contributed by atoms with Crippen LogP contribution in [0.1, 0.15) is 32.6 Å². The number of nitrogens with zero attached hydrogens (tertiary/aromatic N) is 1. The fourth-order valence-corrected chi connectivity index (χ4v) is 3.63. The van der Waals surface area contributed by atoms with E-state index in [9.17, 15) is 4.79 Å². The summed E-state index contributed by atoms with van der Waals surface area (Å²) in [6.45, 7) is 4.74. The van der Waals surface area contributed by atoms with Crippen LogP contribution >= 0.6 is 11.8 Å². The quantitative estimate of drug-likeness (QED) is 0.813. The second-order valence-corrected chi connectivity index (χ2v) is 6.37. The van der Waals surface area contributed by atoms with Gasteiger partial charge in [-0.15, -0.1) is 0 Å². The topological polar surface area (TPSA) is 32.3 Å². The molecule has 2 heterocycles. The van der Waals surface area contributed by atoms with E-state index in [0.717, 1.165) is 24.1 Å². The molecular weight excluding hydrogens is 220 g/mol. The minimum atomic E-state index is 0.296. The van der Waals surface area contributed by atoms with Crippen LogP contribution in [-0.4, -0.2) is 47.5 Å². The van der Waals surface area contributed by atoms with E-state index >= 15 is 0 Å². The van der Waals surface area contributed by atoms with E-state index in [4.69, 9.17) is 0 Å². The normalized spacial score (nSPS) is 30.7. The molecule has 2 atom stereocenters. The number of piperidine rings is 1. The van der Waals surface area contributed by atoms with Gasteiger partial charge in [-0.3, -0.25) is 4.79 Å². The molecule has 1 amide bonds. The van der Waals surface area contributed by atoms with Crippen molar-refractivity contribution in [3.8, 4) is 0 Å². The van der Waals surface area contributed by atoms with Crippen molar-refractivity contribution < 1.29 is 4.79 Å². The van der Waals surface area contributed by atoms with Gasteiger partial charge < -0.3 is 10.2 Å². The van der Waals surface area contributed by atoms with Crippen molar-refractivity contribution in [2.45, 2.75) is 43.9 Å². The maximum absolute atomic E-state index is 11.9. The van der Waals surface area contributed by atoms with Crippen LogP contribution in [-0.2, 0) is 4.79 Å². The van der Waals surface area contributed by atoms with Gasteiger partial charge in [0.1, 0.15) is 0 Å². The third-order valence-electron chi connectivity index (χ3n) is 3.45. The summed E-state index contributed by atoms with van der Waals surface area (Å²) >= 11 is 2.01. The molecular formula is C12H22N2OS. The Hall–Kier alpha value is -0.220. The van der Waals surface area contributed by atoms with Crippen LogP contribution in [0, 0.1) is 0 Å². The first kappa shape index (κ1) is 12.2.